The fourth-order valence-electron chi connectivity index (χ4n) is 3.80. The van der Waals surface area contributed by atoms with E-state index in [1.54, 1.807) is 33.8 Å². The second-order valence-corrected chi connectivity index (χ2v) is 10.0. The average molecular weight is 497 g/mol. The Balaban J connectivity index is 1.74. The number of amides is 1. The minimum atomic E-state index is -0.305. The van der Waals surface area contributed by atoms with Crippen LogP contribution in [0.4, 0.5) is 0 Å². The molecule has 2 aromatic heterocycles. The zero-order valence-corrected chi connectivity index (χ0v) is 19.9. The Bertz CT molecular complexity index is 1150. The average Bonchev–Trinajstić information content (AvgIpc) is 3.31. The predicted molar refractivity (Wildman–Crippen MR) is 126 cm³/mol. The van der Waals surface area contributed by atoms with Gasteiger partial charge >= 0.3 is 0 Å². The van der Waals surface area contributed by atoms with Gasteiger partial charge in [0.05, 0.1) is 32.0 Å². The summed E-state index contributed by atoms with van der Waals surface area (Å²) in [5.41, 5.74) is 2.25. The molecule has 0 N–H and O–H groups in total. The lowest BCUT2D eigenvalue weighted by Gasteiger charge is -2.26. The maximum absolute atomic E-state index is 13.1. The molecule has 1 amide bonds. The van der Waals surface area contributed by atoms with Crippen molar-refractivity contribution in [3.05, 3.63) is 56.0 Å². The second-order valence-electron chi connectivity index (χ2n) is 7.47. The number of Topliss-reactive ketones (excluding diaryl/α,β-unsaturated/α-hetero) is 1. The third kappa shape index (κ3) is 4.67. The van der Waals surface area contributed by atoms with Crippen LogP contribution in [-0.2, 0) is 4.79 Å². The summed E-state index contributed by atoms with van der Waals surface area (Å²) < 4.78 is 2.26. The molecule has 0 radical (unpaired) electrons. The third-order valence-electron chi connectivity index (χ3n) is 5.35. The highest BCUT2D eigenvalue weighted by molar-refractivity contribution is 7.19. The van der Waals surface area contributed by atoms with Crippen LogP contribution >= 0.6 is 46.1 Å². The van der Waals surface area contributed by atoms with Gasteiger partial charge in [0.25, 0.3) is 0 Å². The van der Waals surface area contributed by atoms with Crippen LogP contribution in [0.25, 0.3) is 16.3 Å². The molecule has 9 heteroatoms. The number of rotatable bonds is 5. The van der Waals surface area contributed by atoms with E-state index in [0.717, 1.165) is 29.8 Å². The molecule has 3 aromatic rings. The van der Waals surface area contributed by atoms with Gasteiger partial charge < -0.3 is 4.90 Å². The Morgan fingerprint density at radius 1 is 1.06 bits per heavy atom. The highest BCUT2D eigenvalue weighted by atomic mass is 35.5. The molecule has 4 rings (SSSR count). The monoisotopic (exact) mass is 495 g/mol. The third-order valence-corrected chi connectivity index (χ3v) is 7.13. The molecule has 1 aliphatic rings. The number of likely N-dealkylation sites (tertiary alicyclic amines) is 1. The van der Waals surface area contributed by atoms with Crippen molar-refractivity contribution >= 4 is 57.8 Å². The summed E-state index contributed by atoms with van der Waals surface area (Å²) in [4.78, 5) is 28.3. The van der Waals surface area contributed by atoms with Gasteiger partial charge in [-0.3, -0.25) is 9.59 Å². The van der Waals surface area contributed by atoms with Crippen LogP contribution in [0.3, 0.4) is 0 Å². The van der Waals surface area contributed by atoms with E-state index in [9.17, 15) is 9.59 Å². The zero-order valence-electron chi connectivity index (χ0n) is 16.8. The van der Waals surface area contributed by atoms with Gasteiger partial charge in [0.1, 0.15) is 5.69 Å². The molecule has 1 aliphatic heterocycles. The number of piperidine rings is 1. The number of hydrogen-bond donors (Lipinski definition) is 0. The molecule has 162 valence electrons. The fourth-order valence-corrected chi connectivity index (χ4v) is 5.41. The zero-order chi connectivity index (χ0) is 22.1. The first-order valence-corrected chi connectivity index (χ1v) is 11.9. The normalized spacial score (nSPS) is 14.1. The molecule has 0 saturated carbocycles. The van der Waals surface area contributed by atoms with Crippen molar-refractivity contribution in [2.75, 3.05) is 13.1 Å². The van der Waals surface area contributed by atoms with Crippen LogP contribution in [0.2, 0.25) is 14.4 Å². The molecule has 1 fully saturated rings. The Hall–Kier alpha value is -1.86. The number of carbonyl (C=O) groups is 2. The van der Waals surface area contributed by atoms with Gasteiger partial charge in [-0.05, 0) is 56.5 Å². The van der Waals surface area contributed by atoms with Gasteiger partial charge in [-0.2, -0.15) is 5.10 Å². The Kier molecular flexibility index (Phi) is 6.72. The summed E-state index contributed by atoms with van der Waals surface area (Å²) >= 11 is 20.0. The van der Waals surface area contributed by atoms with Gasteiger partial charge in [0, 0.05) is 23.7 Å². The van der Waals surface area contributed by atoms with Gasteiger partial charge in [-0.15, -0.1) is 11.3 Å². The second kappa shape index (κ2) is 9.33. The van der Waals surface area contributed by atoms with Gasteiger partial charge in [0.15, 0.2) is 5.78 Å². The Morgan fingerprint density at radius 2 is 1.81 bits per heavy atom. The maximum atomic E-state index is 13.1. The molecule has 31 heavy (non-hydrogen) atoms. The van der Waals surface area contributed by atoms with Crippen molar-refractivity contribution in [3.63, 3.8) is 0 Å². The number of nitrogens with zero attached hydrogens (tertiary/aromatic N) is 3. The molecule has 5 nitrogen and oxygen atoms in total. The van der Waals surface area contributed by atoms with E-state index in [2.05, 4.69) is 5.10 Å². The summed E-state index contributed by atoms with van der Waals surface area (Å²) in [7, 11) is 0. The summed E-state index contributed by atoms with van der Waals surface area (Å²) in [5.74, 6) is -0.454. The fraction of sp³-hybridized carbons (Fsp3) is 0.318. The van der Waals surface area contributed by atoms with E-state index >= 15 is 0 Å². The number of benzene rings is 1. The first-order chi connectivity index (χ1) is 14.8. The lowest BCUT2D eigenvalue weighted by Crippen LogP contribution is -2.36. The van der Waals surface area contributed by atoms with Gasteiger partial charge in [-0.25, -0.2) is 4.68 Å². The van der Waals surface area contributed by atoms with E-state index in [1.807, 2.05) is 13.0 Å². The van der Waals surface area contributed by atoms with E-state index in [-0.39, 0.29) is 23.8 Å². The van der Waals surface area contributed by atoms with E-state index in [1.165, 1.54) is 11.3 Å². The minimum absolute atomic E-state index is 0.149. The number of hydrogen-bond acceptors (Lipinski definition) is 4. The number of aromatic nitrogens is 2. The maximum Gasteiger partial charge on any atom is 0.230 e. The first-order valence-electron chi connectivity index (χ1n) is 9.97. The quantitative estimate of drug-likeness (QED) is 0.301. The van der Waals surface area contributed by atoms with Crippen molar-refractivity contribution < 1.29 is 9.59 Å². The van der Waals surface area contributed by atoms with Crippen LogP contribution in [0.5, 0.6) is 0 Å². The van der Waals surface area contributed by atoms with Crippen LogP contribution in [0.15, 0.2) is 30.3 Å². The Morgan fingerprint density at radius 3 is 2.45 bits per heavy atom. The molecule has 1 saturated heterocycles. The Labute approximate surface area is 199 Å². The highest BCUT2D eigenvalue weighted by Gasteiger charge is 2.27. The van der Waals surface area contributed by atoms with Gasteiger partial charge in [-0.1, -0.05) is 34.8 Å². The predicted octanol–water partition coefficient (Wildman–Crippen LogP) is 6.45. The van der Waals surface area contributed by atoms with Crippen LogP contribution in [0.1, 0.15) is 41.7 Å². The van der Waals surface area contributed by atoms with E-state index in [4.69, 9.17) is 34.8 Å². The molecule has 3 heterocycles. The summed E-state index contributed by atoms with van der Waals surface area (Å²) in [6.45, 7) is 3.24. The molecule has 0 spiro atoms. The minimum Gasteiger partial charge on any atom is -0.342 e. The number of carbonyl (C=O) groups excluding carboxylic acids is 2. The largest absolute Gasteiger partial charge is 0.342 e. The topological polar surface area (TPSA) is 55.2 Å². The van der Waals surface area contributed by atoms with Crippen molar-refractivity contribution in [2.45, 2.75) is 32.6 Å². The number of ketones is 1. The lowest BCUT2D eigenvalue weighted by molar-refractivity contribution is -0.131. The molecule has 0 aliphatic carbocycles. The molecular weight excluding hydrogens is 477 g/mol. The van der Waals surface area contributed by atoms with Crippen molar-refractivity contribution in [1.29, 1.82) is 0 Å². The molecule has 0 bridgehead atoms. The first kappa shape index (κ1) is 22.3. The van der Waals surface area contributed by atoms with E-state index in [0.29, 0.717) is 38.7 Å². The summed E-state index contributed by atoms with van der Waals surface area (Å²) in [6.07, 6.45) is 2.88. The highest BCUT2D eigenvalue weighted by Crippen LogP contribution is 2.37. The van der Waals surface area contributed by atoms with Crippen molar-refractivity contribution in [3.8, 4) is 16.3 Å². The lowest BCUT2D eigenvalue weighted by atomic mass is 10.1. The standard InChI is InChI=1S/C22H20Cl3N3O2S/c1-13-21(17(29)12-20(30)27-9-3-2-4-10-27)26-28(16-6-5-14(23)11-15(16)24)22(13)18-7-8-19(25)31-18/h5-8,11H,2-4,9-10,12H2,1H3. The van der Waals surface area contributed by atoms with Crippen molar-refractivity contribution in [1.82, 2.24) is 14.7 Å². The molecule has 0 atom stereocenters. The number of thiophene rings is 1. The van der Waals surface area contributed by atoms with Crippen LogP contribution in [-0.4, -0.2) is 39.5 Å². The van der Waals surface area contributed by atoms with Crippen LogP contribution < -0.4 is 0 Å². The van der Waals surface area contributed by atoms with E-state index < -0.39 is 0 Å². The van der Waals surface area contributed by atoms with Crippen molar-refractivity contribution in [2.24, 2.45) is 0 Å². The number of halogens is 3. The van der Waals surface area contributed by atoms with Gasteiger partial charge in [0.2, 0.25) is 5.91 Å². The molecule has 1 aromatic carbocycles. The smallest absolute Gasteiger partial charge is 0.230 e. The SMILES string of the molecule is Cc1c(C(=O)CC(=O)N2CCCCC2)nn(-c2ccc(Cl)cc2Cl)c1-c1ccc(Cl)s1. The summed E-state index contributed by atoms with van der Waals surface area (Å²) in [6, 6.07) is 8.77. The van der Waals surface area contributed by atoms with Crippen LogP contribution in [0, 0.1) is 6.92 Å². The molecular formula is C22H20Cl3N3O2S. The molecule has 0 unspecified atom stereocenters. The summed E-state index contributed by atoms with van der Waals surface area (Å²) in [5, 5.41) is 5.49.